The Kier molecular flexibility index (Phi) is 7.04. The zero-order chi connectivity index (χ0) is 18.9. The summed E-state index contributed by atoms with van der Waals surface area (Å²) in [6.45, 7) is 3.02. The number of ether oxygens (including phenoxy) is 1. The predicted molar refractivity (Wildman–Crippen MR) is 103 cm³/mol. The quantitative estimate of drug-likeness (QED) is 0.772. The van der Waals surface area contributed by atoms with E-state index in [0.717, 1.165) is 25.1 Å². The number of benzene rings is 1. The number of carbonyl (C=O) groups is 1. The maximum absolute atomic E-state index is 12.2. The van der Waals surface area contributed by atoms with Gasteiger partial charge in [0.05, 0.1) is 6.54 Å². The SMILES string of the molecule is O=C(COc1coc(CN2CCCCC2)cc1=O)NCCc1ccccc1. The van der Waals surface area contributed by atoms with E-state index < -0.39 is 0 Å². The van der Waals surface area contributed by atoms with Gasteiger partial charge in [-0.2, -0.15) is 0 Å². The van der Waals surface area contributed by atoms with Crippen LogP contribution in [0.25, 0.3) is 0 Å². The van der Waals surface area contributed by atoms with E-state index in [4.69, 9.17) is 9.15 Å². The van der Waals surface area contributed by atoms with Gasteiger partial charge in [0.2, 0.25) is 11.2 Å². The summed E-state index contributed by atoms with van der Waals surface area (Å²) in [5.74, 6) is 0.430. The number of hydrogen-bond donors (Lipinski definition) is 1. The molecule has 6 heteroatoms. The largest absolute Gasteiger partial charge is 0.477 e. The Bertz CT molecular complexity index is 782. The van der Waals surface area contributed by atoms with Gasteiger partial charge in [-0.3, -0.25) is 14.5 Å². The lowest BCUT2D eigenvalue weighted by molar-refractivity contribution is -0.123. The Morgan fingerprint density at radius 1 is 1.15 bits per heavy atom. The van der Waals surface area contributed by atoms with Crippen LogP contribution in [0.15, 0.2) is 51.9 Å². The van der Waals surface area contributed by atoms with Crippen molar-refractivity contribution in [3.8, 4) is 5.75 Å². The lowest BCUT2D eigenvalue weighted by Crippen LogP contribution is -2.31. The number of piperidine rings is 1. The molecule has 144 valence electrons. The molecule has 1 aromatic heterocycles. The van der Waals surface area contributed by atoms with Crippen molar-refractivity contribution in [2.45, 2.75) is 32.2 Å². The van der Waals surface area contributed by atoms with Crippen LogP contribution in [-0.2, 0) is 17.8 Å². The molecule has 0 saturated carbocycles. The lowest BCUT2D eigenvalue weighted by atomic mass is 10.1. The summed E-state index contributed by atoms with van der Waals surface area (Å²) in [6, 6.07) is 11.4. The van der Waals surface area contributed by atoms with E-state index >= 15 is 0 Å². The van der Waals surface area contributed by atoms with Crippen LogP contribution in [0.4, 0.5) is 0 Å². The molecule has 0 radical (unpaired) electrons. The van der Waals surface area contributed by atoms with E-state index in [2.05, 4.69) is 10.2 Å². The summed E-state index contributed by atoms with van der Waals surface area (Å²) in [7, 11) is 0. The Hall–Kier alpha value is -2.60. The van der Waals surface area contributed by atoms with Crippen molar-refractivity contribution in [1.29, 1.82) is 0 Å². The second kappa shape index (κ2) is 9.92. The molecule has 1 aliphatic heterocycles. The third-order valence-corrected chi connectivity index (χ3v) is 4.62. The third kappa shape index (κ3) is 6.25. The van der Waals surface area contributed by atoms with Gasteiger partial charge >= 0.3 is 0 Å². The van der Waals surface area contributed by atoms with Gasteiger partial charge in [-0.25, -0.2) is 0 Å². The zero-order valence-electron chi connectivity index (χ0n) is 15.5. The van der Waals surface area contributed by atoms with Crippen molar-refractivity contribution < 1.29 is 13.9 Å². The molecule has 0 spiro atoms. The first kappa shape index (κ1) is 19.2. The summed E-state index contributed by atoms with van der Waals surface area (Å²) < 4.78 is 10.8. The first-order valence-electron chi connectivity index (χ1n) is 9.48. The molecule has 1 N–H and O–H groups in total. The van der Waals surface area contributed by atoms with Crippen molar-refractivity contribution in [1.82, 2.24) is 10.2 Å². The molecule has 0 bridgehead atoms. The summed E-state index contributed by atoms with van der Waals surface area (Å²) >= 11 is 0. The highest BCUT2D eigenvalue weighted by molar-refractivity contribution is 5.77. The van der Waals surface area contributed by atoms with Gasteiger partial charge in [0.25, 0.3) is 5.91 Å². The molecule has 0 unspecified atom stereocenters. The molecule has 2 aromatic rings. The first-order chi connectivity index (χ1) is 13.2. The third-order valence-electron chi connectivity index (χ3n) is 4.62. The van der Waals surface area contributed by atoms with Crippen LogP contribution in [-0.4, -0.2) is 37.0 Å². The summed E-state index contributed by atoms with van der Waals surface area (Å²) in [6.07, 6.45) is 5.69. The van der Waals surface area contributed by atoms with Gasteiger partial charge in [-0.15, -0.1) is 0 Å². The molecule has 1 amide bonds. The van der Waals surface area contributed by atoms with Crippen LogP contribution >= 0.6 is 0 Å². The van der Waals surface area contributed by atoms with Gasteiger partial charge in [-0.05, 0) is 37.9 Å². The maximum atomic E-state index is 12.2. The van der Waals surface area contributed by atoms with Crippen LogP contribution in [0.5, 0.6) is 5.75 Å². The van der Waals surface area contributed by atoms with E-state index in [0.29, 0.717) is 18.8 Å². The molecule has 0 aliphatic carbocycles. The van der Waals surface area contributed by atoms with Crippen LogP contribution in [0.2, 0.25) is 0 Å². The van der Waals surface area contributed by atoms with Crippen LogP contribution in [0.3, 0.4) is 0 Å². The molecule has 3 rings (SSSR count). The van der Waals surface area contributed by atoms with Crippen molar-refractivity contribution >= 4 is 5.91 Å². The van der Waals surface area contributed by atoms with Gasteiger partial charge in [0.15, 0.2) is 6.61 Å². The van der Waals surface area contributed by atoms with Gasteiger partial charge < -0.3 is 14.5 Å². The topological polar surface area (TPSA) is 71.8 Å². The Balaban J connectivity index is 1.42. The van der Waals surface area contributed by atoms with Crippen LogP contribution in [0, 0.1) is 0 Å². The fourth-order valence-corrected chi connectivity index (χ4v) is 3.15. The molecule has 1 saturated heterocycles. The Labute approximate surface area is 159 Å². The summed E-state index contributed by atoms with van der Waals surface area (Å²) in [5, 5.41) is 2.78. The van der Waals surface area contributed by atoms with E-state index in [9.17, 15) is 9.59 Å². The lowest BCUT2D eigenvalue weighted by Gasteiger charge is -2.25. The van der Waals surface area contributed by atoms with Crippen molar-refractivity contribution in [3.05, 3.63) is 64.2 Å². The molecular formula is C21H26N2O4. The molecule has 2 heterocycles. The van der Waals surface area contributed by atoms with Crippen molar-refractivity contribution in [2.24, 2.45) is 0 Å². The molecule has 1 aromatic carbocycles. The van der Waals surface area contributed by atoms with Crippen molar-refractivity contribution in [3.63, 3.8) is 0 Å². The molecule has 0 atom stereocenters. The predicted octanol–water partition coefficient (Wildman–Crippen LogP) is 2.36. The monoisotopic (exact) mass is 370 g/mol. The molecule has 6 nitrogen and oxygen atoms in total. The number of amides is 1. The summed E-state index contributed by atoms with van der Waals surface area (Å²) in [4.78, 5) is 26.3. The second-order valence-corrected chi connectivity index (χ2v) is 6.79. The highest BCUT2D eigenvalue weighted by Crippen LogP contribution is 2.13. The smallest absolute Gasteiger partial charge is 0.257 e. The Morgan fingerprint density at radius 2 is 1.93 bits per heavy atom. The van der Waals surface area contributed by atoms with Crippen LogP contribution < -0.4 is 15.5 Å². The molecule has 1 aliphatic rings. The average Bonchev–Trinajstić information content (AvgIpc) is 2.69. The zero-order valence-corrected chi connectivity index (χ0v) is 15.5. The highest BCUT2D eigenvalue weighted by atomic mass is 16.5. The van der Waals surface area contributed by atoms with E-state index in [1.54, 1.807) is 0 Å². The number of likely N-dealkylation sites (tertiary alicyclic amines) is 1. The van der Waals surface area contributed by atoms with E-state index in [1.807, 2.05) is 30.3 Å². The first-order valence-corrected chi connectivity index (χ1v) is 9.48. The minimum Gasteiger partial charge on any atom is -0.477 e. The summed E-state index contributed by atoms with van der Waals surface area (Å²) in [5.41, 5.74) is 0.897. The number of nitrogens with one attached hydrogen (secondary N) is 1. The molecule has 27 heavy (non-hydrogen) atoms. The van der Waals surface area contributed by atoms with Crippen molar-refractivity contribution in [2.75, 3.05) is 26.2 Å². The van der Waals surface area contributed by atoms with Gasteiger partial charge in [0, 0.05) is 12.6 Å². The number of nitrogens with zero attached hydrogens (tertiary/aromatic N) is 1. The normalized spacial score (nSPS) is 14.7. The van der Waals surface area contributed by atoms with E-state index in [-0.39, 0.29) is 23.7 Å². The minimum atomic E-state index is -0.261. The van der Waals surface area contributed by atoms with E-state index in [1.165, 1.54) is 31.6 Å². The van der Waals surface area contributed by atoms with Gasteiger partial charge in [0.1, 0.15) is 12.0 Å². The fraction of sp³-hybridized carbons (Fsp3) is 0.429. The fourth-order valence-electron chi connectivity index (χ4n) is 3.15. The Morgan fingerprint density at radius 3 is 2.67 bits per heavy atom. The number of carbonyl (C=O) groups excluding carboxylic acids is 1. The minimum absolute atomic E-state index is 0.0654. The van der Waals surface area contributed by atoms with Crippen LogP contribution in [0.1, 0.15) is 30.6 Å². The highest BCUT2D eigenvalue weighted by Gasteiger charge is 2.13. The number of hydrogen-bond acceptors (Lipinski definition) is 5. The molecular weight excluding hydrogens is 344 g/mol. The average molecular weight is 370 g/mol. The van der Waals surface area contributed by atoms with Gasteiger partial charge in [-0.1, -0.05) is 36.8 Å². The standard InChI is InChI=1S/C21H26N2O4/c24-19-13-18(14-23-11-5-2-6-12-23)26-15-20(19)27-16-21(25)22-10-9-17-7-3-1-4-8-17/h1,3-4,7-8,13,15H,2,5-6,9-12,14,16H2,(H,22,25). The second-order valence-electron chi connectivity index (χ2n) is 6.79. The maximum Gasteiger partial charge on any atom is 0.257 e. The number of rotatable bonds is 8. The molecule has 1 fully saturated rings.